The van der Waals surface area contributed by atoms with Gasteiger partial charge in [-0.15, -0.1) is 0 Å². The van der Waals surface area contributed by atoms with Gasteiger partial charge in [-0.25, -0.2) is 15.0 Å². The summed E-state index contributed by atoms with van der Waals surface area (Å²) in [5, 5.41) is 0. The molecule has 4 nitrogen and oxygen atoms in total. The van der Waals surface area contributed by atoms with Gasteiger partial charge in [0.25, 0.3) is 0 Å². The third-order valence-electron chi connectivity index (χ3n) is 6.75. The third-order valence-corrected chi connectivity index (χ3v) is 6.75. The van der Waals surface area contributed by atoms with Crippen LogP contribution in [0.15, 0.2) is 144 Å². The topological polar surface area (TPSA) is 51.8 Å². The molecule has 0 aliphatic rings. The molecule has 0 aliphatic carbocycles. The summed E-state index contributed by atoms with van der Waals surface area (Å²) in [7, 11) is 0. The molecule has 0 amide bonds. The average Bonchev–Trinajstić information content (AvgIpc) is 3.46. The van der Waals surface area contributed by atoms with Gasteiger partial charge in [0.1, 0.15) is 5.52 Å². The van der Waals surface area contributed by atoms with Crippen molar-refractivity contribution in [3.05, 3.63) is 140 Å². The lowest BCUT2D eigenvalue weighted by molar-refractivity contribution is 0.620. The summed E-state index contributed by atoms with van der Waals surface area (Å²) < 4.78 is 6.15. The molecule has 5 aromatic carbocycles. The molecule has 0 radical (unpaired) electrons. The molecule has 0 aliphatic heterocycles. The number of nitrogens with zero attached hydrogens (tertiary/aromatic N) is 3. The third kappa shape index (κ3) is 4.60. The zero-order valence-corrected chi connectivity index (χ0v) is 21.0. The standard InChI is InChI=1S/C35H23N3O/c1-4-10-24(11-5-1)25-16-18-27(19-17-25)34-36-31(26-12-6-2-7-13-26)23-32(37-34)29-20-21-30-33(22-29)39-35(38-30)28-14-8-3-9-15-28/h1-23H. The van der Waals surface area contributed by atoms with E-state index in [1.165, 1.54) is 5.56 Å². The lowest BCUT2D eigenvalue weighted by atomic mass is 10.0. The molecule has 184 valence electrons. The molecule has 0 unspecified atom stereocenters. The largest absolute Gasteiger partial charge is 0.436 e. The van der Waals surface area contributed by atoms with Gasteiger partial charge < -0.3 is 4.42 Å². The summed E-state index contributed by atoms with van der Waals surface area (Å²) in [5.74, 6) is 1.28. The van der Waals surface area contributed by atoms with Crippen molar-refractivity contribution in [3.8, 4) is 56.5 Å². The lowest BCUT2D eigenvalue weighted by Gasteiger charge is -2.10. The van der Waals surface area contributed by atoms with Gasteiger partial charge >= 0.3 is 0 Å². The highest BCUT2D eigenvalue weighted by Gasteiger charge is 2.14. The molecule has 39 heavy (non-hydrogen) atoms. The second-order valence-corrected chi connectivity index (χ2v) is 9.34. The van der Waals surface area contributed by atoms with Crippen LogP contribution in [0.25, 0.3) is 67.6 Å². The summed E-state index contributed by atoms with van der Waals surface area (Å²) >= 11 is 0. The molecule has 0 saturated heterocycles. The van der Waals surface area contributed by atoms with Crippen LogP contribution in [-0.4, -0.2) is 15.0 Å². The Balaban J connectivity index is 1.32. The normalized spacial score (nSPS) is 11.1. The summed E-state index contributed by atoms with van der Waals surface area (Å²) in [6.07, 6.45) is 0. The average molecular weight is 502 g/mol. The van der Waals surface area contributed by atoms with Crippen molar-refractivity contribution in [3.63, 3.8) is 0 Å². The maximum atomic E-state index is 6.15. The fourth-order valence-electron chi connectivity index (χ4n) is 4.71. The predicted octanol–water partition coefficient (Wildman–Crippen LogP) is 8.95. The SMILES string of the molecule is c1ccc(-c2ccc(-c3nc(-c4ccccc4)cc(-c4ccc5nc(-c6ccccc6)oc5c4)n3)cc2)cc1. The van der Waals surface area contributed by atoms with Crippen LogP contribution >= 0.6 is 0 Å². The van der Waals surface area contributed by atoms with Crippen molar-refractivity contribution < 1.29 is 4.42 Å². The van der Waals surface area contributed by atoms with Gasteiger partial charge in [0.05, 0.1) is 11.4 Å². The van der Waals surface area contributed by atoms with Crippen LogP contribution in [0.2, 0.25) is 0 Å². The number of fused-ring (bicyclic) bond motifs is 1. The summed E-state index contributed by atoms with van der Waals surface area (Å²) in [6, 6.07) is 47.0. The molecule has 2 aromatic heterocycles. The van der Waals surface area contributed by atoms with E-state index >= 15 is 0 Å². The molecule has 2 heterocycles. The molecule has 0 spiro atoms. The first-order valence-corrected chi connectivity index (χ1v) is 12.9. The first-order chi connectivity index (χ1) is 19.3. The number of benzene rings is 5. The summed E-state index contributed by atoms with van der Waals surface area (Å²) in [4.78, 5) is 14.6. The number of oxazole rings is 1. The van der Waals surface area contributed by atoms with Gasteiger partial charge in [-0.2, -0.15) is 0 Å². The Kier molecular flexibility index (Phi) is 5.76. The molecular weight excluding hydrogens is 478 g/mol. The zero-order valence-electron chi connectivity index (χ0n) is 21.0. The van der Waals surface area contributed by atoms with E-state index in [2.05, 4.69) is 65.6 Å². The van der Waals surface area contributed by atoms with Crippen LogP contribution in [0.5, 0.6) is 0 Å². The van der Waals surface area contributed by atoms with Crippen LogP contribution in [-0.2, 0) is 0 Å². The van der Waals surface area contributed by atoms with E-state index in [1.807, 2.05) is 78.9 Å². The van der Waals surface area contributed by atoms with Crippen LogP contribution in [0, 0.1) is 0 Å². The maximum Gasteiger partial charge on any atom is 0.227 e. The Labute approximate surface area is 226 Å². The molecule has 7 rings (SSSR count). The Morgan fingerprint density at radius 1 is 0.385 bits per heavy atom. The van der Waals surface area contributed by atoms with Gasteiger partial charge in [0.15, 0.2) is 11.4 Å². The first kappa shape index (κ1) is 22.8. The molecule has 4 heteroatoms. The van der Waals surface area contributed by atoms with Gasteiger partial charge in [-0.05, 0) is 41.5 Å². The Hall–Kier alpha value is -5.35. The lowest BCUT2D eigenvalue weighted by Crippen LogP contribution is -1.96. The summed E-state index contributed by atoms with van der Waals surface area (Å²) in [6.45, 7) is 0. The molecule has 0 atom stereocenters. The van der Waals surface area contributed by atoms with E-state index < -0.39 is 0 Å². The van der Waals surface area contributed by atoms with Gasteiger partial charge in [0.2, 0.25) is 5.89 Å². The van der Waals surface area contributed by atoms with E-state index in [-0.39, 0.29) is 0 Å². The minimum Gasteiger partial charge on any atom is -0.436 e. The smallest absolute Gasteiger partial charge is 0.227 e. The number of hydrogen-bond donors (Lipinski definition) is 0. The summed E-state index contributed by atoms with van der Waals surface area (Å²) in [5.41, 5.74) is 9.45. The van der Waals surface area contributed by atoms with E-state index in [0.29, 0.717) is 11.7 Å². The van der Waals surface area contributed by atoms with Gasteiger partial charge in [-0.1, -0.05) is 109 Å². The van der Waals surface area contributed by atoms with Crippen LogP contribution in [0.4, 0.5) is 0 Å². The fraction of sp³-hybridized carbons (Fsp3) is 0. The monoisotopic (exact) mass is 501 g/mol. The van der Waals surface area contributed by atoms with Crippen molar-refractivity contribution in [1.29, 1.82) is 0 Å². The van der Waals surface area contributed by atoms with Crippen molar-refractivity contribution in [2.75, 3.05) is 0 Å². The highest BCUT2D eigenvalue weighted by atomic mass is 16.3. The predicted molar refractivity (Wildman–Crippen MR) is 157 cm³/mol. The number of rotatable bonds is 5. The van der Waals surface area contributed by atoms with Crippen LogP contribution in [0.1, 0.15) is 0 Å². The Morgan fingerprint density at radius 2 is 0.897 bits per heavy atom. The second kappa shape index (κ2) is 9.84. The molecule has 0 fully saturated rings. The van der Waals surface area contributed by atoms with Gasteiger partial charge in [0, 0.05) is 22.3 Å². The minimum absolute atomic E-state index is 0.606. The number of aromatic nitrogens is 3. The van der Waals surface area contributed by atoms with Crippen LogP contribution in [0.3, 0.4) is 0 Å². The van der Waals surface area contributed by atoms with Crippen LogP contribution < -0.4 is 0 Å². The fourth-order valence-corrected chi connectivity index (χ4v) is 4.71. The van der Waals surface area contributed by atoms with Crippen molar-refractivity contribution in [2.24, 2.45) is 0 Å². The Bertz CT molecular complexity index is 1880. The quantitative estimate of drug-likeness (QED) is 0.236. The zero-order chi connectivity index (χ0) is 26.0. The highest BCUT2D eigenvalue weighted by molar-refractivity contribution is 5.83. The van der Waals surface area contributed by atoms with Crippen molar-refractivity contribution in [2.45, 2.75) is 0 Å². The second-order valence-electron chi connectivity index (χ2n) is 9.34. The van der Waals surface area contributed by atoms with Crippen molar-refractivity contribution >= 4 is 11.1 Å². The van der Waals surface area contributed by atoms with E-state index in [4.69, 9.17) is 14.4 Å². The van der Waals surface area contributed by atoms with E-state index in [1.54, 1.807) is 0 Å². The maximum absolute atomic E-state index is 6.15. The van der Waals surface area contributed by atoms with E-state index in [9.17, 15) is 0 Å². The minimum atomic E-state index is 0.606. The number of hydrogen-bond acceptors (Lipinski definition) is 4. The van der Waals surface area contributed by atoms with Crippen molar-refractivity contribution in [1.82, 2.24) is 15.0 Å². The molecule has 0 bridgehead atoms. The first-order valence-electron chi connectivity index (χ1n) is 12.9. The highest BCUT2D eigenvalue weighted by Crippen LogP contribution is 2.32. The molecule has 7 aromatic rings. The molecular formula is C35H23N3O. The molecule has 0 N–H and O–H groups in total. The van der Waals surface area contributed by atoms with E-state index in [0.717, 1.165) is 50.3 Å². The Morgan fingerprint density at radius 3 is 1.56 bits per heavy atom. The molecule has 0 saturated carbocycles. The van der Waals surface area contributed by atoms with Gasteiger partial charge in [-0.3, -0.25) is 0 Å².